The molecule has 1 aliphatic heterocycles. The van der Waals surface area contributed by atoms with Gasteiger partial charge in [0, 0.05) is 25.7 Å². The third kappa shape index (κ3) is 3.52. The van der Waals surface area contributed by atoms with E-state index in [-0.39, 0.29) is 0 Å². The van der Waals surface area contributed by atoms with E-state index in [0.29, 0.717) is 6.04 Å². The van der Waals surface area contributed by atoms with Crippen molar-refractivity contribution in [3.05, 3.63) is 71.3 Å². The third-order valence-electron chi connectivity index (χ3n) is 4.56. The molecule has 0 spiro atoms. The third-order valence-corrected chi connectivity index (χ3v) is 4.56. The van der Waals surface area contributed by atoms with E-state index >= 15 is 0 Å². The van der Waals surface area contributed by atoms with Crippen molar-refractivity contribution >= 4 is 0 Å². The van der Waals surface area contributed by atoms with Gasteiger partial charge >= 0.3 is 0 Å². The lowest BCUT2D eigenvalue weighted by Crippen LogP contribution is -2.43. The van der Waals surface area contributed by atoms with Gasteiger partial charge in [0.1, 0.15) is 0 Å². The fraction of sp³-hybridized carbons (Fsp3) is 0.368. The van der Waals surface area contributed by atoms with E-state index in [9.17, 15) is 0 Å². The highest BCUT2D eigenvalue weighted by molar-refractivity contribution is 5.28. The summed E-state index contributed by atoms with van der Waals surface area (Å²) in [5.74, 6) is 0. The SMILES string of the molecule is NCC(Cc1ccccc1)N1CCc2ccccc2CC1. The van der Waals surface area contributed by atoms with Crippen LogP contribution < -0.4 is 5.73 Å². The number of hydrogen-bond donors (Lipinski definition) is 1. The molecule has 110 valence electrons. The Morgan fingerprint density at radius 1 is 0.857 bits per heavy atom. The highest BCUT2D eigenvalue weighted by atomic mass is 15.2. The zero-order chi connectivity index (χ0) is 14.5. The minimum atomic E-state index is 0.446. The molecule has 2 nitrogen and oxygen atoms in total. The van der Waals surface area contributed by atoms with Crippen LogP contribution in [0.4, 0.5) is 0 Å². The van der Waals surface area contributed by atoms with Crippen LogP contribution in [-0.2, 0) is 19.3 Å². The average molecular weight is 280 g/mol. The average Bonchev–Trinajstić information content (AvgIpc) is 2.76. The lowest BCUT2D eigenvalue weighted by Gasteiger charge is -2.29. The summed E-state index contributed by atoms with van der Waals surface area (Å²) in [4.78, 5) is 2.58. The maximum absolute atomic E-state index is 6.07. The minimum absolute atomic E-state index is 0.446. The molecule has 0 bridgehead atoms. The largest absolute Gasteiger partial charge is 0.329 e. The first kappa shape index (κ1) is 14.3. The molecule has 2 N–H and O–H groups in total. The Balaban J connectivity index is 1.68. The van der Waals surface area contributed by atoms with E-state index in [1.807, 2.05) is 0 Å². The summed E-state index contributed by atoms with van der Waals surface area (Å²) in [6.45, 7) is 2.96. The summed E-state index contributed by atoms with van der Waals surface area (Å²) >= 11 is 0. The molecule has 1 heterocycles. The molecule has 1 atom stereocenters. The van der Waals surface area contributed by atoms with Crippen LogP contribution in [0.5, 0.6) is 0 Å². The van der Waals surface area contributed by atoms with Crippen molar-refractivity contribution in [3.8, 4) is 0 Å². The first-order chi connectivity index (χ1) is 10.4. The highest BCUT2D eigenvalue weighted by Gasteiger charge is 2.20. The monoisotopic (exact) mass is 280 g/mol. The molecule has 0 saturated heterocycles. The molecule has 0 saturated carbocycles. The van der Waals surface area contributed by atoms with Crippen molar-refractivity contribution in [1.29, 1.82) is 0 Å². The summed E-state index contributed by atoms with van der Waals surface area (Å²) in [5, 5.41) is 0. The van der Waals surface area contributed by atoms with Crippen LogP contribution in [0.25, 0.3) is 0 Å². The van der Waals surface area contributed by atoms with Crippen LogP contribution >= 0.6 is 0 Å². The summed E-state index contributed by atoms with van der Waals surface area (Å²) in [6, 6.07) is 20.0. The fourth-order valence-corrected chi connectivity index (χ4v) is 3.30. The fourth-order valence-electron chi connectivity index (χ4n) is 3.30. The molecule has 1 unspecified atom stereocenters. The number of nitrogens with two attached hydrogens (primary N) is 1. The maximum atomic E-state index is 6.07. The van der Waals surface area contributed by atoms with Crippen molar-refractivity contribution in [3.63, 3.8) is 0 Å². The molecule has 21 heavy (non-hydrogen) atoms. The second kappa shape index (κ2) is 6.88. The Morgan fingerprint density at radius 3 is 2.00 bits per heavy atom. The summed E-state index contributed by atoms with van der Waals surface area (Å²) in [5.41, 5.74) is 10.5. The van der Waals surface area contributed by atoms with Gasteiger partial charge < -0.3 is 5.73 Å². The van der Waals surface area contributed by atoms with Gasteiger partial charge in [0.15, 0.2) is 0 Å². The van der Waals surface area contributed by atoms with Gasteiger partial charge in [0.05, 0.1) is 0 Å². The molecular formula is C19H24N2. The second-order valence-electron chi connectivity index (χ2n) is 5.88. The normalized spacial score (nSPS) is 17.0. The van der Waals surface area contributed by atoms with Crippen LogP contribution in [0, 0.1) is 0 Å². The molecule has 2 aromatic carbocycles. The Labute approximate surface area is 127 Å². The van der Waals surface area contributed by atoms with E-state index in [4.69, 9.17) is 5.73 Å². The number of benzene rings is 2. The molecular weight excluding hydrogens is 256 g/mol. The van der Waals surface area contributed by atoms with Gasteiger partial charge in [-0.05, 0) is 36.0 Å². The van der Waals surface area contributed by atoms with Gasteiger partial charge in [0.25, 0.3) is 0 Å². The van der Waals surface area contributed by atoms with Crippen LogP contribution in [0.3, 0.4) is 0 Å². The van der Waals surface area contributed by atoms with E-state index in [1.165, 1.54) is 16.7 Å². The minimum Gasteiger partial charge on any atom is -0.329 e. The topological polar surface area (TPSA) is 29.3 Å². The van der Waals surface area contributed by atoms with Gasteiger partial charge in [-0.15, -0.1) is 0 Å². The summed E-state index contributed by atoms with van der Waals surface area (Å²) in [7, 11) is 0. The van der Waals surface area contributed by atoms with Crippen molar-refractivity contribution in [2.75, 3.05) is 19.6 Å². The quantitative estimate of drug-likeness (QED) is 0.933. The molecule has 3 rings (SSSR count). The first-order valence-electron chi connectivity index (χ1n) is 7.91. The van der Waals surface area contributed by atoms with Gasteiger partial charge in [-0.25, -0.2) is 0 Å². The van der Waals surface area contributed by atoms with E-state index in [1.54, 1.807) is 0 Å². The van der Waals surface area contributed by atoms with E-state index in [0.717, 1.165) is 38.9 Å². The lowest BCUT2D eigenvalue weighted by molar-refractivity contribution is 0.208. The molecule has 0 aliphatic carbocycles. The zero-order valence-corrected chi connectivity index (χ0v) is 12.5. The van der Waals surface area contributed by atoms with Crippen LogP contribution in [0.15, 0.2) is 54.6 Å². The molecule has 2 aromatic rings. The molecule has 1 aliphatic rings. The van der Waals surface area contributed by atoms with Crippen molar-refractivity contribution < 1.29 is 0 Å². The standard InChI is InChI=1S/C19H24N2/c20-15-19(14-16-6-2-1-3-7-16)21-12-10-17-8-4-5-9-18(17)11-13-21/h1-9,19H,10-15,20H2. The Morgan fingerprint density at radius 2 is 1.43 bits per heavy atom. The zero-order valence-electron chi connectivity index (χ0n) is 12.5. The Kier molecular flexibility index (Phi) is 4.69. The number of fused-ring (bicyclic) bond motifs is 1. The van der Waals surface area contributed by atoms with E-state index < -0.39 is 0 Å². The molecule has 0 radical (unpaired) electrons. The first-order valence-corrected chi connectivity index (χ1v) is 7.91. The smallest absolute Gasteiger partial charge is 0.0259 e. The van der Waals surface area contributed by atoms with E-state index in [2.05, 4.69) is 59.5 Å². The van der Waals surface area contributed by atoms with Crippen LogP contribution in [0.2, 0.25) is 0 Å². The van der Waals surface area contributed by atoms with Gasteiger partial charge in [-0.3, -0.25) is 4.90 Å². The number of rotatable bonds is 4. The van der Waals surface area contributed by atoms with Crippen molar-refractivity contribution in [2.45, 2.75) is 25.3 Å². The van der Waals surface area contributed by atoms with Gasteiger partial charge in [-0.2, -0.15) is 0 Å². The van der Waals surface area contributed by atoms with Crippen LogP contribution in [0.1, 0.15) is 16.7 Å². The Hall–Kier alpha value is -1.64. The number of nitrogens with zero attached hydrogens (tertiary/aromatic N) is 1. The maximum Gasteiger partial charge on any atom is 0.0259 e. The van der Waals surface area contributed by atoms with Gasteiger partial charge in [0.2, 0.25) is 0 Å². The van der Waals surface area contributed by atoms with Crippen molar-refractivity contribution in [2.24, 2.45) is 5.73 Å². The van der Waals surface area contributed by atoms with Crippen molar-refractivity contribution in [1.82, 2.24) is 4.90 Å². The molecule has 0 fully saturated rings. The molecule has 0 amide bonds. The predicted molar refractivity (Wildman–Crippen MR) is 88.4 cm³/mol. The predicted octanol–water partition coefficient (Wildman–Crippen LogP) is 2.66. The molecule has 0 aromatic heterocycles. The number of hydrogen-bond acceptors (Lipinski definition) is 2. The lowest BCUT2D eigenvalue weighted by atomic mass is 10.0. The van der Waals surface area contributed by atoms with Crippen LogP contribution in [-0.4, -0.2) is 30.6 Å². The molecule has 2 heteroatoms. The summed E-state index contributed by atoms with van der Waals surface area (Å²) in [6.07, 6.45) is 3.33. The van der Waals surface area contributed by atoms with Gasteiger partial charge in [-0.1, -0.05) is 54.6 Å². The highest BCUT2D eigenvalue weighted by Crippen LogP contribution is 2.18. The Bertz CT molecular complexity index is 538. The summed E-state index contributed by atoms with van der Waals surface area (Å²) < 4.78 is 0. The second-order valence-corrected chi connectivity index (χ2v) is 5.88.